The van der Waals surface area contributed by atoms with E-state index in [-0.39, 0.29) is 11.8 Å². The first-order chi connectivity index (χ1) is 16.6. The van der Waals surface area contributed by atoms with Gasteiger partial charge in [0.1, 0.15) is 11.6 Å². The van der Waals surface area contributed by atoms with Gasteiger partial charge in [0.05, 0.1) is 5.52 Å². The van der Waals surface area contributed by atoms with Crippen LogP contribution in [0.2, 0.25) is 0 Å². The van der Waals surface area contributed by atoms with E-state index in [1.165, 1.54) is 11.6 Å². The second kappa shape index (κ2) is 9.51. The van der Waals surface area contributed by atoms with Gasteiger partial charge in [-0.15, -0.1) is 0 Å². The quantitative estimate of drug-likeness (QED) is 0.414. The van der Waals surface area contributed by atoms with Crippen molar-refractivity contribution in [2.45, 2.75) is 13.3 Å². The summed E-state index contributed by atoms with van der Waals surface area (Å²) in [5, 5.41) is 3.96. The molecule has 3 aromatic carbocycles. The molecule has 0 spiro atoms. The van der Waals surface area contributed by atoms with E-state index in [4.69, 9.17) is 4.98 Å². The highest BCUT2D eigenvalue weighted by Gasteiger charge is 2.22. The lowest BCUT2D eigenvalue weighted by atomic mass is 10.0. The molecule has 172 valence electrons. The molecule has 0 radical (unpaired) electrons. The normalized spacial score (nSPS) is 13.8. The number of amides is 2. The molecule has 6 heteroatoms. The Morgan fingerprint density at radius 3 is 2.35 bits per heavy atom. The number of benzene rings is 3. The van der Waals surface area contributed by atoms with E-state index in [2.05, 4.69) is 17.1 Å². The average Bonchev–Trinajstić information content (AvgIpc) is 2.89. The summed E-state index contributed by atoms with van der Waals surface area (Å²) in [6.45, 7) is 4.68. The van der Waals surface area contributed by atoms with Crippen molar-refractivity contribution in [3.8, 4) is 11.1 Å². The van der Waals surface area contributed by atoms with Crippen molar-refractivity contribution >= 4 is 28.4 Å². The third kappa shape index (κ3) is 4.44. The number of rotatable bonds is 4. The number of carbonyl (C=O) groups is 1. The zero-order valence-electron chi connectivity index (χ0n) is 19.2. The van der Waals surface area contributed by atoms with Gasteiger partial charge in [0.2, 0.25) is 0 Å². The molecule has 0 bridgehead atoms. The predicted octanol–water partition coefficient (Wildman–Crippen LogP) is 5.96. The molecule has 0 aliphatic carbocycles. The van der Waals surface area contributed by atoms with Crippen LogP contribution in [0.5, 0.6) is 0 Å². The van der Waals surface area contributed by atoms with Crippen LogP contribution in [-0.4, -0.2) is 42.1 Å². The highest BCUT2D eigenvalue weighted by Crippen LogP contribution is 2.31. The molecular weight excluding hydrogens is 427 g/mol. The molecule has 1 N–H and O–H groups in total. The highest BCUT2D eigenvalue weighted by atomic mass is 19.1. The number of nitrogens with one attached hydrogen (secondary N) is 1. The van der Waals surface area contributed by atoms with E-state index in [0.29, 0.717) is 31.7 Å². The number of aryl methyl sites for hydroxylation is 1. The molecule has 2 heterocycles. The number of urea groups is 1. The van der Waals surface area contributed by atoms with Crippen molar-refractivity contribution in [2.75, 3.05) is 36.4 Å². The van der Waals surface area contributed by atoms with E-state index in [1.54, 1.807) is 12.1 Å². The number of fused-ring (bicyclic) bond motifs is 1. The van der Waals surface area contributed by atoms with Gasteiger partial charge in [0.25, 0.3) is 0 Å². The maximum atomic E-state index is 14.5. The van der Waals surface area contributed by atoms with Gasteiger partial charge in [-0.05, 0) is 42.3 Å². The Morgan fingerprint density at radius 1 is 0.882 bits per heavy atom. The van der Waals surface area contributed by atoms with E-state index in [1.807, 2.05) is 65.6 Å². The second-order valence-corrected chi connectivity index (χ2v) is 8.48. The fraction of sp³-hybridized carbons (Fsp3) is 0.214. The summed E-state index contributed by atoms with van der Waals surface area (Å²) in [4.78, 5) is 21.6. The van der Waals surface area contributed by atoms with Gasteiger partial charge < -0.3 is 15.1 Å². The number of aromatic nitrogens is 1. The number of piperazine rings is 1. The molecular formula is C28H27FN4O. The van der Waals surface area contributed by atoms with Crippen molar-refractivity contribution < 1.29 is 9.18 Å². The molecule has 1 aliphatic rings. The zero-order chi connectivity index (χ0) is 23.5. The van der Waals surface area contributed by atoms with Crippen molar-refractivity contribution in [2.24, 2.45) is 0 Å². The number of hydrogen-bond acceptors (Lipinski definition) is 3. The molecule has 5 nitrogen and oxygen atoms in total. The minimum atomic E-state index is -0.258. The molecule has 1 aromatic heterocycles. The Morgan fingerprint density at radius 2 is 1.62 bits per heavy atom. The predicted molar refractivity (Wildman–Crippen MR) is 136 cm³/mol. The van der Waals surface area contributed by atoms with Crippen LogP contribution in [0.25, 0.3) is 22.0 Å². The van der Waals surface area contributed by atoms with Gasteiger partial charge in [-0.1, -0.05) is 55.5 Å². The zero-order valence-corrected chi connectivity index (χ0v) is 19.2. The highest BCUT2D eigenvalue weighted by molar-refractivity contribution is 5.94. The van der Waals surface area contributed by atoms with Crippen LogP contribution in [0.15, 0.2) is 78.9 Å². The van der Waals surface area contributed by atoms with Crippen LogP contribution >= 0.6 is 0 Å². The topological polar surface area (TPSA) is 48.5 Å². The number of anilines is 2. The van der Waals surface area contributed by atoms with Crippen molar-refractivity contribution in [3.63, 3.8) is 0 Å². The molecule has 1 saturated heterocycles. The molecule has 34 heavy (non-hydrogen) atoms. The van der Waals surface area contributed by atoms with E-state index in [9.17, 15) is 9.18 Å². The monoisotopic (exact) mass is 454 g/mol. The average molecular weight is 455 g/mol. The fourth-order valence-corrected chi connectivity index (χ4v) is 4.37. The van der Waals surface area contributed by atoms with Crippen molar-refractivity contribution in [1.82, 2.24) is 9.88 Å². The lowest BCUT2D eigenvalue weighted by molar-refractivity contribution is 0.208. The summed E-state index contributed by atoms with van der Waals surface area (Å²) >= 11 is 0. The summed E-state index contributed by atoms with van der Waals surface area (Å²) in [5.41, 5.74) is 4.16. The third-order valence-electron chi connectivity index (χ3n) is 6.37. The van der Waals surface area contributed by atoms with E-state index >= 15 is 0 Å². The van der Waals surface area contributed by atoms with Crippen LogP contribution in [0.1, 0.15) is 12.5 Å². The standard InChI is InChI=1S/C28H27FN4O/c1-2-20-10-13-22(14-11-20)30-28(34)33-18-16-32(17-19-33)26-15-12-21-6-5-8-24(27(21)31-26)23-7-3-4-9-25(23)29/h3-15H,2,16-19H2,1H3,(H,30,34). The smallest absolute Gasteiger partial charge is 0.321 e. The van der Waals surface area contributed by atoms with Crippen LogP contribution in [0.4, 0.5) is 20.7 Å². The lowest BCUT2D eigenvalue weighted by Crippen LogP contribution is -2.50. The molecule has 4 aromatic rings. The number of nitrogens with zero attached hydrogens (tertiary/aromatic N) is 3. The number of hydrogen-bond donors (Lipinski definition) is 1. The Hall–Kier alpha value is -3.93. The summed E-state index contributed by atoms with van der Waals surface area (Å²) in [7, 11) is 0. The van der Waals surface area contributed by atoms with Gasteiger partial charge in [-0.3, -0.25) is 0 Å². The number of pyridine rings is 1. The third-order valence-corrected chi connectivity index (χ3v) is 6.37. The summed E-state index contributed by atoms with van der Waals surface area (Å²) < 4.78 is 14.5. The Kier molecular flexibility index (Phi) is 6.12. The van der Waals surface area contributed by atoms with Gasteiger partial charge in [0.15, 0.2) is 0 Å². The van der Waals surface area contributed by atoms with Gasteiger partial charge in [-0.2, -0.15) is 0 Å². The summed E-state index contributed by atoms with van der Waals surface area (Å²) in [6.07, 6.45) is 0.973. The van der Waals surface area contributed by atoms with Crippen LogP contribution in [0.3, 0.4) is 0 Å². The second-order valence-electron chi connectivity index (χ2n) is 8.48. The summed E-state index contributed by atoms with van der Waals surface area (Å²) in [5.74, 6) is 0.581. The minimum absolute atomic E-state index is 0.0859. The first-order valence-electron chi connectivity index (χ1n) is 11.7. The van der Waals surface area contributed by atoms with Crippen molar-refractivity contribution in [1.29, 1.82) is 0 Å². The molecule has 0 saturated carbocycles. The van der Waals surface area contributed by atoms with Crippen LogP contribution < -0.4 is 10.2 Å². The molecule has 5 rings (SSSR count). The Balaban J connectivity index is 1.30. The first kappa shape index (κ1) is 21.9. The first-order valence-corrected chi connectivity index (χ1v) is 11.7. The molecule has 1 aliphatic heterocycles. The van der Waals surface area contributed by atoms with E-state index in [0.717, 1.165) is 34.4 Å². The molecule has 2 amide bonds. The SMILES string of the molecule is CCc1ccc(NC(=O)N2CCN(c3ccc4cccc(-c5ccccc5F)c4n3)CC2)cc1. The van der Waals surface area contributed by atoms with Crippen LogP contribution in [0, 0.1) is 5.82 Å². The molecule has 1 fully saturated rings. The lowest BCUT2D eigenvalue weighted by Gasteiger charge is -2.35. The number of para-hydroxylation sites is 1. The molecule has 0 unspecified atom stereocenters. The minimum Gasteiger partial charge on any atom is -0.353 e. The summed E-state index contributed by atoms with van der Waals surface area (Å²) in [6, 6.07) is 24.5. The van der Waals surface area contributed by atoms with Gasteiger partial charge >= 0.3 is 6.03 Å². The Labute approximate surface area is 198 Å². The maximum Gasteiger partial charge on any atom is 0.321 e. The van der Waals surface area contributed by atoms with Crippen molar-refractivity contribution in [3.05, 3.63) is 90.2 Å². The maximum absolute atomic E-state index is 14.5. The van der Waals surface area contributed by atoms with Gasteiger partial charge in [-0.25, -0.2) is 14.2 Å². The fourth-order valence-electron chi connectivity index (χ4n) is 4.37. The van der Waals surface area contributed by atoms with E-state index < -0.39 is 0 Å². The number of halogens is 1. The Bertz CT molecular complexity index is 1310. The largest absolute Gasteiger partial charge is 0.353 e. The van der Waals surface area contributed by atoms with Gasteiger partial charge in [0, 0.05) is 48.4 Å². The van der Waals surface area contributed by atoms with Crippen LogP contribution in [-0.2, 0) is 6.42 Å². The molecule has 0 atom stereocenters. The number of carbonyl (C=O) groups excluding carboxylic acids is 1.